The van der Waals surface area contributed by atoms with Crippen LogP contribution in [0.25, 0.3) is 0 Å². The lowest BCUT2D eigenvalue weighted by atomic mass is 9.85. The topological polar surface area (TPSA) is 80.3 Å². The number of ketones is 1. The van der Waals surface area contributed by atoms with E-state index in [1.807, 2.05) is 5.32 Å². The molecule has 3 aliphatic carbocycles. The molecule has 2 fully saturated rings. The molecule has 0 unspecified atom stereocenters. The summed E-state index contributed by atoms with van der Waals surface area (Å²) in [5.41, 5.74) is 0.320. The first kappa shape index (κ1) is 23.6. The number of hydrogen-bond donors (Lipinski definition) is 1. The third kappa shape index (κ3) is 4.85. The molecule has 32 heavy (non-hydrogen) atoms. The average molecular weight is 500 g/mol. The van der Waals surface area contributed by atoms with E-state index in [9.17, 15) is 40.0 Å². The van der Waals surface area contributed by atoms with Gasteiger partial charge < -0.3 is 5.32 Å². The van der Waals surface area contributed by atoms with Crippen LogP contribution in [0, 0.1) is 11.8 Å². The molecule has 1 N–H and O–H groups in total. The minimum Gasteiger partial charge on any atom is -0.345 e. The predicted molar refractivity (Wildman–Crippen MR) is 106 cm³/mol. The second kappa shape index (κ2) is 8.34. The summed E-state index contributed by atoms with van der Waals surface area (Å²) in [6, 6.07) is -0.902. The summed E-state index contributed by atoms with van der Waals surface area (Å²) >= 11 is 1.11. The minimum absolute atomic E-state index is 0.0878. The third-order valence-corrected chi connectivity index (χ3v) is 9.72. The molecule has 1 aromatic heterocycles. The highest BCUT2D eigenvalue weighted by Crippen LogP contribution is 2.42. The maximum atomic E-state index is 13.3. The molecule has 4 rings (SSSR count). The van der Waals surface area contributed by atoms with Gasteiger partial charge in [0.1, 0.15) is 18.1 Å². The third-order valence-electron chi connectivity index (χ3n) is 6.28. The Kier molecular flexibility index (Phi) is 6.15. The van der Waals surface area contributed by atoms with Gasteiger partial charge in [-0.25, -0.2) is 17.2 Å². The summed E-state index contributed by atoms with van der Waals surface area (Å²) in [6.45, 7) is 0. The van der Waals surface area contributed by atoms with E-state index in [0.29, 0.717) is 10.4 Å². The van der Waals surface area contributed by atoms with E-state index in [4.69, 9.17) is 0 Å². The van der Waals surface area contributed by atoms with Gasteiger partial charge in [-0.1, -0.05) is 0 Å². The lowest BCUT2D eigenvalue weighted by Crippen LogP contribution is -2.45. The van der Waals surface area contributed by atoms with Crippen LogP contribution in [0.5, 0.6) is 0 Å². The lowest BCUT2D eigenvalue weighted by Gasteiger charge is -2.30. The van der Waals surface area contributed by atoms with Crippen molar-refractivity contribution in [3.8, 4) is 0 Å². The molecule has 1 aromatic rings. The molecule has 2 saturated carbocycles. The van der Waals surface area contributed by atoms with Gasteiger partial charge in [0.2, 0.25) is 0 Å². The Balaban J connectivity index is 1.62. The average Bonchev–Trinajstić information content (AvgIpc) is 3.27. The summed E-state index contributed by atoms with van der Waals surface area (Å²) in [6.07, 6.45) is -6.89. The second-order valence-electron chi connectivity index (χ2n) is 8.88. The predicted octanol–water partition coefficient (Wildman–Crippen LogP) is 3.28. The normalized spacial score (nSPS) is 29.7. The quantitative estimate of drug-likeness (QED) is 0.584. The first-order chi connectivity index (χ1) is 14.8. The van der Waals surface area contributed by atoms with Crippen molar-refractivity contribution in [2.24, 2.45) is 11.8 Å². The van der Waals surface area contributed by atoms with Crippen LogP contribution in [0.1, 0.15) is 41.0 Å². The van der Waals surface area contributed by atoms with Crippen LogP contribution in [0.15, 0.2) is 4.90 Å². The number of amides is 1. The van der Waals surface area contributed by atoms with Crippen molar-refractivity contribution in [2.75, 3.05) is 5.75 Å². The number of hydrogen-bond acceptors (Lipinski definition) is 5. The van der Waals surface area contributed by atoms with Crippen LogP contribution in [-0.4, -0.2) is 50.4 Å². The molecule has 3 aliphatic rings. The molecule has 1 heterocycles. The number of thiophene rings is 1. The molecule has 0 bridgehead atoms. The summed E-state index contributed by atoms with van der Waals surface area (Å²) in [4.78, 5) is 24.5. The molecular formula is C20H22F5NO4S2. The number of Topliss-reactive ketones (excluding diaryl/α,β-unsaturated/α-hetero) is 1. The number of fused-ring (bicyclic) bond motifs is 1. The summed E-state index contributed by atoms with van der Waals surface area (Å²) in [7, 11) is -3.95. The first-order valence-electron chi connectivity index (χ1n) is 10.4. The molecule has 0 aromatic carbocycles. The van der Waals surface area contributed by atoms with E-state index in [0.717, 1.165) is 11.3 Å². The maximum absolute atomic E-state index is 13.3. The number of carbonyl (C=O) groups is 2. The van der Waals surface area contributed by atoms with E-state index in [1.165, 1.54) is 0 Å². The van der Waals surface area contributed by atoms with Crippen molar-refractivity contribution in [3.05, 3.63) is 15.3 Å². The van der Waals surface area contributed by atoms with Crippen molar-refractivity contribution in [1.29, 1.82) is 0 Å². The van der Waals surface area contributed by atoms with Gasteiger partial charge in [-0.15, -0.1) is 11.3 Å². The van der Waals surface area contributed by atoms with Gasteiger partial charge in [-0.05, 0) is 50.0 Å². The summed E-state index contributed by atoms with van der Waals surface area (Å²) < 4.78 is 91.0. The van der Waals surface area contributed by atoms with Gasteiger partial charge in [-0.2, -0.15) is 13.2 Å². The number of aryl methyl sites for hydroxylation is 1. The Labute approximate surface area is 185 Å². The SMILES string of the molecule is O=C(Cc1sc2c(c1S(=O)(=O)CC1CC(F)C1)C[C@@H](NC(=O)C(F)(F)F)CC2)[C@H]1C[C@@H]1F. The fraction of sp³-hybridized carbons (Fsp3) is 0.700. The molecule has 1 amide bonds. The number of sulfone groups is 1. The Morgan fingerprint density at radius 2 is 1.78 bits per heavy atom. The van der Waals surface area contributed by atoms with Crippen LogP contribution >= 0.6 is 11.3 Å². The largest absolute Gasteiger partial charge is 0.471 e. The minimum atomic E-state index is -5.05. The van der Waals surface area contributed by atoms with Gasteiger partial charge in [0.05, 0.1) is 16.6 Å². The van der Waals surface area contributed by atoms with Crippen LogP contribution in [-0.2, 0) is 38.7 Å². The monoisotopic (exact) mass is 499 g/mol. The highest BCUT2D eigenvalue weighted by Gasteiger charge is 2.45. The number of alkyl halides is 5. The van der Waals surface area contributed by atoms with Crippen molar-refractivity contribution in [2.45, 2.75) is 74.4 Å². The molecule has 0 saturated heterocycles. The van der Waals surface area contributed by atoms with Gasteiger partial charge in [-0.3, -0.25) is 9.59 Å². The van der Waals surface area contributed by atoms with Crippen molar-refractivity contribution in [1.82, 2.24) is 5.32 Å². The van der Waals surface area contributed by atoms with Crippen molar-refractivity contribution in [3.63, 3.8) is 0 Å². The number of rotatable bonds is 7. The fourth-order valence-corrected chi connectivity index (χ4v) is 8.34. The van der Waals surface area contributed by atoms with E-state index >= 15 is 0 Å². The smallest absolute Gasteiger partial charge is 0.345 e. The zero-order chi connectivity index (χ0) is 23.4. The molecule has 5 nitrogen and oxygen atoms in total. The maximum Gasteiger partial charge on any atom is 0.471 e. The van der Waals surface area contributed by atoms with E-state index in [-0.39, 0.29) is 66.4 Å². The van der Waals surface area contributed by atoms with Gasteiger partial charge >= 0.3 is 12.1 Å². The highest BCUT2D eigenvalue weighted by atomic mass is 32.2. The van der Waals surface area contributed by atoms with E-state index < -0.39 is 52.0 Å². The first-order valence-corrected chi connectivity index (χ1v) is 12.9. The molecule has 178 valence electrons. The fourth-order valence-electron chi connectivity index (χ4n) is 4.45. The van der Waals surface area contributed by atoms with Gasteiger partial charge in [0.15, 0.2) is 9.84 Å². The van der Waals surface area contributed by atoms with Crippen molar-refractivity contribution < 1.29 is 40.0 Å². The molecule has 3 atom stereocenters. The van der Waals surface area contributed by atoms with Crippen LogP contribution < -0.4 is 5.32 Å². The molecule has 0 radical (unpaired) electrons. The lowest BCUT2D eigenvalue weighted by molar-refractivity contribution is -0.174. The number of halogens is 5. The zero-order valence-electron chi connectivity index (χ0n) is 16.9. The number of nitrogens with one attached hydrogen (secondary N) is 1. The standard InChI is InChI=1S/C20H22F5NO4S2/c21-10-3-9(4-10)8-32(29,30)18-13-5-11(26-19(28)20(23,24)25)1-2-16(13)31-17(18)7-15(27)12-6-14(12)22/h9-12,14H,1-8H2,(H,26,28)/t9?,10?,11-,12-,14-/m0/s1. The Bertz CT molecular complexity index is 1030. The highest BCUT2D eigenvalue weighted by molar-refractivity contribution is 7.91. The van der Waals surface area contributed by atoms with Gasteiger partial charge in [0, 0.05) is 22.2 Å². The van der Waals surface area contributed by atoms with Crippen LogP contribution in [0.4, 0.5) is 22.0 Å². The number of carbonyl (C=O) groups excluding carboxylic acids is 2. The Morgan fingerprint density at radius 1 is 1.12 bits per heavy atom. The Morgan fingerprint density at radius 3 is 2.34 bits per heavy atom. The van der Waals surface area contributed by atoms with E-state index in [1.54, 1.807) is 0 Å². The summed E-state index contributed by atoms with van der Waals surface area (Å²) in [5.74, 6) is -3.92. The van der Waals surface area contributed by atoms with Crippen LogP contribution in [0.3, 0.4) is 0 Å². The summed E-state index contributed by atoms with van der Waals surface area (Å²) in [5, 5.41) is 1.91. The van der Waals surface area contributed by atoms with Crippen molar-refractivity contribution >= 4 is 32.9 Å². The van der Waals surface area contributed by atoms with Gasteiger partial charge in [0.25, 0.3) is 0 Å². The molecule has 12 heteroatoms. The molecular weight excluding hydrogens is 477 g/mol. The molecule has 0 aliphatic heterocycles. The Hall–Kier alpha value is -1.56. The molecule has 0 spiro atoms. The second-order valence-corrected chi connectivity index (χ2v) is 12.0. The zero-order valence-corrected chi connectivity index (χ0v) is 18.5. The van der Waals surface area contributed by atoms with E-state index in [2.05, 4.69) is 0 Å². The van der Waals surface area contributed by atoms with Crippen LogP contribution in [0.2, 0.25) is 0 Å².